The standard InChI is InChI=1S/C12H16N2O/c1-9-3-4-10(8-14-9)11(15)7-12(13)5-2-6-12/h3-4,8H,2,5-7,13H2,1H3. The van der Waals surface area contributed by atoms with Gasteiger partial charge >= 0.3 is 0 Å². The minimum atomic E-state index is -0.234. The average molecular weight is 204 g/mol. The predicted octanol–water partition coefficient (Wildman–Crippen LogP) is 1.84. The highest BCUT2D eigenvalue weighted by molar-refractivity contribution is 5.96. The number of aromatic nitrogens is 1. The topological polar surface area (TPSA) is 56.0 Å². The van der Waals surface area contributed by atoms with E-state index in [1.165, 1.54) is 0 Å². The zero-order valence-corrected chi connectivity index (χ0v) is 8.99. The molecule has 1 aromatic heterocycles. The summed E-state index contributed by atoms with van der Waals surface area (Å²) in [4.78, 5) is 16.0. The van der Waals surface area contributed by atoms with E-state index >= 15 is 0 Å². The first-order valence-electron chi connectivity index (χ1n) is 5.34. The van der Waals surface area contributed by atoms with Crippen molar-refractivity contribution in [2.24, 2.45) is 5.73 Å². The molecule has 1 saturated carbocycles. The molecule has 0 amide bonds. The fourth-order valence-corrected chi connectivity index (χ4v) is 1.86. The van der Waals surface area contributed by atoms with Gasteiger partial charge in [0.15, 0.2) is 5.78 Å². The first-order valence-corrected chi connectivity index (χ1v) is 5.34. The molecule has 0 unspecified atom stereocenters. The van der Waals surface area contributed by atoms with E-state index in [4.69, 9.17) is 5.73 Å². The third-order valence-corrected chi connectivity index (χ3v) is 3.10. The molecule has 2 rings (SSSR count). The van der Waals surface area contributed by atoms with Crippen LogP contribution in [-0.2, 0) is 0 Å². The summed E-state index contributed by atoms with van der Waals surface area (Å²) < 4.78 is 0. The molecule has 0 radical (unpaired) electrons. The van der Waals surface area contributed by atoms with E-state index in [1.807, 2.05) is 19.1 Å². The molecule has 1 aromatic rings. The van der Waals surface area contributed by atoms with Gasteiger partial charge in [-0.1, -0.05) is 0 Å². The van der Waals surface area contributed by atoms with Gasteiger partial charge < -0.3 is 5.73 Å². The van der Waals surface area contributed by atoms with Gasteiger partial charge in [0, 0.05) is 29.4 Å². The number of hydrogen-bond acceptors (Lipinski definition) is 3. The molecule has 1 aliphatic carbocycles. The van der Waals surface area contributed by atoms with Crippen LogP contribution in [0, 0.1) is 6.92 Å². The zero-order valence-electron chi connectivity index (χ0n) is 8.99. The second kappa shape index (κ2) is 3.74. The molecule has 3 nitrogen and oxygen atoms in total. The van der Waals surface area contributed by atoms with Gasteiger partial charge in [0.2, 0.25) is 0 Å². The number of Topliss-reactive ketones (excluding diaryl/α,β-unsaturated/α-hetero) is 1. The number of nitrogens with zero attached hydrogens (tertiary/aromatic N) is 1. The summed E-state index contributed by atoms with van der Waals surface area (Å²) in [6.45, 7) is 1.91. The maximum absolute atomic E-state index is 11.8. The molecule has 0 spiro atoms. The molecule has 80 valence electrons. The number of carbonyl (C=O) groups excluding carboxylic acids is 1. The van der Waals surface area contributed by atoms with Crippen LogP contribution >= 0.6 is 0 Å². The van der Waals surface area contributed by atoms with Crippen molar-refractivity contribution in [1.82, 2.24) is 4.98 Å². The zero-order chi connectivity index (χ0) is 10.9. The molecule has 15 heavy (non-hydrogen) atoms. The lowest BCUT2D eigenvalue weighted by atomic mass is 9.74. The van der Waals surface area contributed by atoms with Crippen molar-refractivity contribution in [2.45, 2.75) is 38.1 Å². The van der Waals surface area contributed by atoms with Crippen molar-refractivity contribution < 1.29 is 4.79 Å². The van der Waals surface area contributed by atoms with Crippen LogP contribution in [0.25, 0.3) is 0 Å². The van der Waals surface area contributed by atoms with Gasteiger partial charge in [-0.05, 0) is 38.3 Å². The summed E-state index contributed by atoms with van der Waals surface area (Å²) >= 11 is 0. The molecular formula is C12H16N2O. The summed E-state index contributed by atoms with van der Waals surface area (Å²) in [5.74, 6) is 0.115. The van der Waals surface area contributed by atoms with Crippen molar-refractivity contribution in [3.05, 3.63) is 29.6 Å². The predicted molar refractivity (Wildman–Crippen MR) is 58.7 cm³/mol. The van der Waals surface area contributed by atoms with Crippen molar-refractivity contribution in [1.29, 1.82) is 0 Å². The Labute approximate surface area is 89.7 Å². The molecule has 2 N–H and O–H groups in total. The number of hydrogen-bond donors (Lipinski definition) is 1. The molecule has 1 heterocycles. The largest absolute Gasteiger partial charge is 0.325 e. The van der Waals surface area contributed by atoms with Crippen LogP contribution in [0.5, 0.6) is 0 Å². The smallest absolute Gasteiger partial charge is 0.166 e. The Balaban J connectivity index is 2.04. The third kappa shape index (κ3) is 2.23. The fourth-order valence-electron chi connectivity index (χ4n) is 1.86. The first-order chi connectivity index (χ1) is 7.09. The molecule has 1 aliphatic rings. The molecule has 0 atom stereocenters. The third-order valence-electron chi connectivity index (χ3n) is 3.10. The lowest BCUT2D eigenvalue weighted by molar-refractivity contribution is 0.0912. The van der Waals surface area contributed by atoms with Crippen LogP contribution in [0.1, 0.15) is 41.7 Å². The molecule has 0 aliphatic heterocycles. The summed E-state index contributed by atoms with van der Waals surface area (Å²) in [7, 11) is 0. The lowest BCUT2D eigenvalue weighted by Gasteiger charge is -2.37. The van der Waals surface area contributed by atoms with Crippen molar-refractivity contribution in [3.63, 3.8) is 0 Å². The summed E-state index contributed by atoms with van der Waals surface area (Å²) in [6.07, 6.45) is 5.18. The highest BCUT2D eigenvalue weighted by Crippen LogP contribution is 2.33. The van der Waals surface area contributed by atoms with Crippen molar-refractivity contribution in [2.75, 3.05) is 0 Å². The Bertz CT molecular complexity index is 366. The number of aryl methyl sites for hydroxylation is 1. The van der Waals surface area contributed by atoms with E-state index < -0.39 is 0 Å². The fraction of sp³-hybridized carbons (Fsp3) is 0.500. The lowest BCUT2D eigenvalue weighted by Crippen LogP contribution is -2.48. The van der Waals surface area contributed by atoms with Gasteiger partial charge in [-0.2, -0.15) is 0 Å². The average Bonchev–Trinajstić information content (AvgIpc) is 2.16. The second-order valence-electron chi connectivity index (χ2n) is 4.50. The molecule has 3 heteroatoms. The number of rotatable bonds is 3. The van der Waals surface area contributed by atoms with E-state index in [-0.39, 0.29) is 11.3 Å². The first kappa shape index (κ1) is 10.3. The Morgan fingerprint density at radius 2 is 2.27 bits per heavy atom. The van der Waals surface area contributed by atoms with Gasteiger partial charge in [0.05, 0.1) is 0 Å². The van der Waals surface area contributed by atoms with Crippen molar-refractivity contribution in [3.8, 4) is 0 Å². The number of ketones is 1. The minimum Gasteiger partial charge on any atom is -0.325 e. The monoisotopic (exact) mass is 204 g/mol. The Hall–Kier alpha value is -1.22. The maximum atomic E-state index is 11.8. The van der Waals surface area contributed by atoms with Gasteiger partial charge in [-0.15, -0.1) is 0 Å². The number of nitrogens with two attached hydrogens (primary N) is 1. The van der Waals surface area contributed by atoms with Crippen molar-refractivity contribution >= 4 is 5.78 Å². The molecule has 1 fully saturated rings. The minimum absolute atomic E-state index is 0.115. The van der Waals surface area contributed by atoms with Crippen LogP contribution in [0.4, 0.5) is 0 Å². The van der Waals surface area contributed by atoms with Crippen LogP contribution in [0.2, 0.25) is 0 Å². The van der Waals surface area contributed by atoms with Crippen LogP contribution in [0.3, 0.4) is 0 Å². The van der Waals surface area contributed by atoms with Gasteiger partial charge in [-0.3, -0.25) is 9.78 Å². The van der Waals surface area contributed by atoms with Crippen LogP contribution < -0.4 is 5.73 Å². The summed E-state index contributed by atoms with van der Waals surface area (Å²) in [6, 6.07) is 3.68. The van der Waals surface area contributed by atoms with Gasteiger partial charge in [0.25, 0.3) is 0 Å². The van der Waals surface area contributed by atoms with Crippen LogP contribution in [-0.4, -0.2) is 16.3 Å². The SMILES string of the molecule is Cc1ccc(C(=O)CC2(N)CCC2)cn1. The molecule has 0 saturated heterocycles. The quantitative estimate of drug-likeness (QED) is 0.764. The number of carbonyl (C=O) groups is 1. The molecule has 0 bridgehead atoms. The second-order valence-corrected chi connectivity index (χ2v) is 4.50. The molecule has 0 aromatic carbocycles. The summed E-state index contributed by atoms with van der Waals surface area (Å²) in [5, 5.41) is 0. The van der Waals surface area contributed by atoms with E-state index in [0.29, 0.717) is 12.0 Å². The maximum Gasteiger partial charge on any atom is 0.166 e. The normalized spacial score (nSPS) is 18.3. The van der Waals surface area contributed by atoms with E-state index in [0.717, 1.165) is 25.0 Å². The highest BCUT2D eigenvalue weighted by Gasteiger charge is 2.34. The van der Waals surface area contributed by atoms with Gasteiger partial charge in [0.1, 0.15) is 0 Å². The Morgan fingerprint density at radius 1 is 1.53 bits per heavy atom. The van der Waals surface area contributed by atoms with Crippen LogP contribution in [0.15, 0.2) is 18.3 Å². The molecular weight excluding hydrogens is 188 g/mol. The highest BCUT2D eigenvalue weighted by atomic mass is 16.1. The van der Waals surface area contributed by atoms with E-state index in [9.17, 15) is 4.79 Å². The van der Waals surface area contributed by atoms with E-state index in [1.54, 1.807) is 6.20 Å². The van der Waals surface area contributed by atoms with Gasteiger partial charge in [-0.25, -0.2) is 0 Å². The summed E-state index contributed by atoms with van der Waals surface area (Å²) in [5.41, 5.74) is 7.40. The number of pyridine rings is 1. The Kier molecular flexibility index (Phi) is 2.57. The van der Waals surface area contributed by atoms with E-state index in [2.05, 4.69) is 4.98 Å². The Morgan fingerprint density at radius 3 is 2.73 bits per heavy atom.